The van der Waals surface area contributed by atoms with E-state index in [-0.39, 0.29) is 0 Å². The SMILES string of the molecule is C[NH+](Cc1ccccc1)C1CC[NH+](C2CCCC2)CC1. The van der Waals surface area contributed by atoms with Crippen molar-refractivity contribution in [3.05, 3.63) is 35.9 Å². The van der Waals surface area contributed by atoms with Crippen molar-refractivity contribution in [2.45, 2.75) is 57.2 Å². The average molecular weight is 274 g/mol. The van der Waals surface area contributed by atoms with Crippen LogP contribution >= 0.6 is 0 Å². The van der Waals surface area contributed by atoms with E-state index in [2.05, 4.69) is 37.4 Å². The van der Waals surface area contributed by atoms with Crippen LogP contribution in [0.5, 0.6) is 0 Å². The second-order valence-corrected chi connectivity index (χ2v) is 6.92. The molecule has 1 atom stereocenters. The standard InChI is InChI=1S/C18H28N2/c1-19(15-16-7-3-2-4-8-16)17-11-13-20(14-12-17)18-9-5-6-10-18/h2-4,7-8,17-18H,5-6,9-15H2,1H3/p+2. The third-order valence-corrected chi connectivity index (χ3v) is 5.58. The fraction of sp³-hybridized carbons (Fsp3) is 0.667. The van der Waals surface area contributed by atoms with Gasteiger partial charge in [0.25, 0.3) is 0 Å². The number of nitrogens with one attached hydrogen (secondary N) is 2. The zero-order valence-corrected chi connectivity index (χ0v) is 12.9. The monoisotopic (exact) mass is 274 g/mol. The lowest BCUT2D eigenvalue weighted by Crippen LogP contribution is -3.20. The lowest BCUT2D eigenvalue weighted by atomic mass is 10.0. The molecule has 0 aromatic heterocycles. The van der Waals surface area contributed by atoms with E-state index >= 15 is 0 Å². The minimum atomic E-state index is 0.875. The van der Waals surface area contributed by atoms with Gasteiger partial charge in [0.1, 0.15) is 6.54 Å². The lowest BCUT2D eigenvalue weighted by molar-refractivity contribution is -0.965. The van der Waals surface area contributed by atoms with Gasteiger partial charge in [-0.2, -0.15) is 0 Å². The van der Waals surface area contributed by atoms with Crippen molar-refractivity contribution in [3.63, 3.8) is 0 Å². The first-order valence-electron chi connectivity index (χ1n) is 8.54. The highest BCUT2D eigenvalue weighted by molar-refractivity contribution is 5.13. The zero-order valence-electron chi connectivity index (χ0n) is 12.9. The van der Waals surface area contributed by atoms with Crippen LogP contribution in [0.4, 0.5) is 0 Å². The molecule has 2 N–H and O–H groups in total. The van der Waals surface area contributed by atoms with E-state index in [0.717, 1.165) is 12.1 Å². The van der Waals surface area contributed by atoms with Crippen LogP contribution in [0.2, 0.25) is 0 Å². The van der Waals surface area contributed by atoms with Gasteiger partial charge in [0.2, 0.25) is 0 Å². The van der Waals surface area contributed by atoms with Crippen molar-refractivity contribution in [2.24, 2.45) is 0 Å². The largest absolute Gasteiger partial charge is 0.332 e. The predicted molar refractivity (Wildman–Crippen MR) is 83.0 cm³/mol. The van der Waals surface area contributed by atoms with Crippen molar-refractivity contribution in [1.29, 1.82) is 0 Å². The molecular formula is C18H30N2+2. The normalized spacial score (nSPS) is 29.4. The highest BCUT2D eigenvalue weighted by Crippen LogP contribution is 2.16. The summed E-state index contributed by atoms with van der Waals surface area (Å²) >= 11 is 0. The summed E-state index contributed by atoms with van der Waals surface area (Å²) in [5.41, 5.74) is 1.48. The third kappa shape index (κ3) is 3.42. The molecule has 0 radical (unpaired) electrons. The second kappa shape index (κ2) is 6.73. The zero-order chi connectivity index (χ0) is 13.8. The van der Waals surface area contributed by atoms with Gasteiger partial charge in [-0.3, -0.25) is 0 Å². The molecule has 3 rings (SSSR count). The molecule has 0 amide bonds. The van der Waals surface area contributed by atoms with Gasteiger partial charge in [-0.15, -0.1) is 0 Å². The first kappa shape index (κ1) is 14.1. The van der Waals surface area contributed by atoms with Gasteiger partial charge >= 0.3 is 0 Å². The number of rotatable bonds is 4. The maximum atomic E-state index is 2.39. The minimum Gasteiger partial charge on any atom is -0.332 e. The second-order valence-electron chi connectivity index (χ2n) is 6.92. The molecule has 1 saturated carbocycles. The molecule has 0 spiro atoms. The molecule has 1 heterocycles. The number of benzene rings is 1. The molecule has 2 fully saturated rings. The summed E-state index contributed by atoms with van der Waals surface area (Å²) in [6, 6.07) is 12.9. The molecule has 1 aliphatic carbocycles. The number of hydrogen-bond donors (Lipinski definition) is 2. The van der Waals surface area contributed by atoms with Crippen molar-refractivity contribution in [1.82, 2.24) is 0 Å². The predicted octanol–water partition coefficient (Wildman–Crippen LogP) is 0.691. The Morgan fingerprint density at radius 1 is 1.00 bits per heavy atom. The van der Waals surface area contributed by atoms with Crippen LogP contribution in [0.1, 0.15) is 44.1 Å². The molecule has 2 heteroatoms. The van der Waals surface area contributed by atoms with E-state index in [0.29, 0.717) is 0 Å². The van der Waals surface area contributed by atoms with Gasteiger partial charge < -0.3 is 9.80 Å². The van der Waals surface area contributed by atoms with E-state index in [1.165, 1.54) is 63.7 Å². The van der Waals surface area contributed by atoms with Crippen LogP contribution in [-0.2, 0) is 6.54 Å². The Balaban J connectivity index is 1.47. The van der Waals surface area contributed by atoms with Gasteiger partial charge in [0.15, 0.2) is 0 Å². The van der Waals surface area contributed by atoms with Crippen molar-refractivity contribution >= 4 is 0 Å². The highest BCUT2D eigenvalue weighted by atomic mass is 15.2. The van der Waals surface area contributed by atoms with Crippen LogP contribution in [0.25, 0.3) is 0 Å². The minimum absolute atomic E-state index is 0.875. The van der Waals surface area contributed by atoms with E-state index in [9.17, 15) is 0 Å². The number of quaternary nitrogens is 2. The van der Waals surface area contributed by atoms with E-state index in [4.69, 9.17) is 0 Å². The van der Waals surface area contributed by atoms with E-state index in [1.807, 2.05) is 4.90 Å². The molecule has 110 valence electrons. The summed E-state index contributed by atoms with van der Waals surface area (Å²) < 4.78 is 0. The maximum absolute atomic E-state index is 2.39. The summed E-state index contributed by atoms with van der Waals surface area (Å²) in [5, 5.41) is 0. The molecular weight excluding hydrogens is 244 g/mol. The average Bonchev–Trinajstić information content (AvgIpc) is 3.03. The first-order chi connectivity index (χ1) is 9.83. The Morgan fingerprint density at radius 3 is 2.30 bits per heavy atom. The highest BCUT2D eigenvalue weighted by Gasteiger charge is 2.33. The van der Waals surface area contributed by atoms with E-state index < -0.39 is 0 Å². The molecule has 1 saturated heterocycles. The molecule has 2 nitrogen and oxygen atoms in total. The Hall–Kier alpha value is -0.860. The molecule has 1 aliphatic heterocycles. The molecule has 1 unspecified atom stereocenters. The molecule has 2 aliphatic rings. The topological polar surface area (TPSA) is 8.88 Å². The van der Waals surface area contributed by atoms with Crippen LogP contribution in [0.3, 0.4) is 0 Å². The van der Waals surface area contributed by atoms with Gasteiger partial charge in [0, 0.05) is 18.4 Å². The quantitative estimate of drug-likeness (QED) is 0.799. The lowest BCUT2D eigenvalue weighted by Gasteiger charge is -2.35. The summed E-state index contributed by atoms with van der Waals surface area (Å²) in [7, 11) is 2.39. The Morgan fingerprint density at radius 2 is 1.65 bits per heavy atom. The molecule has 0 bridgehead atoms. The summed E-state index contributed by atoms with van der Waals surface area (Å²) in [4.78, 5) is 3.63. The third-order valence-electron chi connectivity index (χ3n) is 5.58. The van der Waals surface area contributed by atoms with Gasteiger partial charge in [-0.25, -0.2) is 0 Å². The summed E-state index contributed by atoms with van der Waals surface area (Å²) in [6.07, 6.45) is 8.79. The fourth-order valence-electron chi connectivity index (χ4n) is 4.29. The number of likely N-dealkylation sites (tertiary alicyclic amines) is 1. The van der Waals surface area contributed by atoms with Gasteiger partial charge in [-0.05, 0) is 25.7 Å². The van der Waals surface area contributed by atoms with Crippen LogP contribution in [-0.4, -0.2) is 32.2 Å². The summed E-state index contributed by atoms with van der Waals surface area (Å²) in [5.74, 6) is 0. The number of hydrogen-bond acceptors (Lipinski definition) is 0. The van der Waals surface area contributed by atoms with Crippen LogP contribution < -0.4 is 9.80 Å². The summed E-state index contributed by atoms with van der Waals surface area (Å²) in [6.45, 7) is 4.02. The van der Waals surface area contributed by atoms with Gasteiger partial charge in [-0.1, -0.05) is 30.3 Å². The molecule has 20 heavy (non-hydrogen) atoms. The van der Waals surface area contributed by atoms with Crippen molar-refractivity contribution in [3.8, 4) is 0 Å². The number of piperidine rings is 1. The van der Waals surface area contributed by atoms with Crippen molar-refractivity contribution < 1.29 is 9.80 Å². The Labute approximate surface area is 123 Å². The Kier molecular flexibility index (Phi) is 4.74. The van der Waals surface area contributed by atoms with Crippen molar-refractivity contribution in [2.75, 3.05) is 20.1 Å². The maximum Gasteiger partial charge on any atom is 0.103 e. The van der Waals surface area contributed by atoms with Crippen LogP contribution in [0.15, 0.2) is 30.3 Å². The first-order valence-corrected chi connectivity index (χ1v) is 8.54. The Bertz CT molecular complexity index is 389. The fourth-order valence-corrected chi connectivity index (χ4v) is 4.29. The van der Waals surface area contributed by atoms with Gasteiger partial charge in [0.05, 0.1) is 32.2 Å². The van der Waals surface area contributed by atoms with E-state index in [1.54, 1.807) is 4.90 Å². The smallest absolute Gasteiger partial charge is 0.103 e. The molecule has 1 aromatic carbocycles. The molecule has 1 aromatic rings. The van der Waals surface area contributed by atoms with Crippen LogP contribution in [0, 0.1) is 0 Å².